The summed E-state index contributed by atoms with van der Waals surface area (Å²) in [5.74, 6) is -0.509. The van der Waals surface area contributed by atoms with Gasteiger partial charge in [-0.1, -0.05) is 19.9 Å². The fraction of sp³-hybridized carbons (Fsp3) is 0.667. The molecule has 35 heavy (non-hydrogen) atoms. The Bertz CT molecular complexity index is 897. The molecule has 8 heteroatoms. The Morgan fingerprint density at radius 3 is 2.03 bits per heavy atom. The van der Waals surface area contributed by atoms with Crippen molar-refractivity contribution < 1.29 is 24.2 Å². The summed E-state index contributed by atoms with van der Waals surface area (Å²) in [7, 11) is 0. The van der Waals surface area contributed by atoms with Crippen LogP contribution in [0.5, 0.6) is 5.75 Å². The summed E-state index contributed by atoms with van der Waals surface area (Å²) in [4.78, 5) is 41.7. The van der Waals surface area contributed by atoms with Crippen molar-refractivity contribution in [2.24, 2.45) is 5.92 Å². The second kappa shape index (κ2) is 11.8. The summed E-state index contributed by atoms with van der Waals surface area (Å²) < 4.78 is 5.40. The lowest BCUT2D eigenvalue weighted by atomic mass is 9.96. The van der Waals surface area contributed by atoms with E-state index in [-0.39, 0.29) is 29.5 Å². The Labute approximate surface area is 210 Å². The van der Waals surface area contributed by atoms with Crippen LogP contribution in [-0.2, 0) is 14.3 Å². The van der Waals surface area contributed by atoms with E-state index < -0.39 is 29.3 Å². The second-order valence-electron chi connectivity index (χ2n) is 11.9. The number of hydrogen-bond acceptors (Lipinski definition) is 5. The van der Waals surface area contributed by atoms with Gasteiger partial charge in [-0.05, 0) is 97.9 Å². The van der Waals surface area contributed by atoms with Gasteiger partial charge in [0.05, 0.1) is 0 Å². The zero-order valence-electron chi connectivity index (χ0n) is 23.3. The van der Waals surface area contributed by atoms with E-state index in [2.05, 4.69) is 10.6 Å². The topological polar surface area (TPSA) is 108 Å². The Morgan fingerprint density at radius 2 is 1.60 bits per heavy atom. The average Bonchev–Trinajstić information content (AvgIpc) is 2.63. The molecule has 0 heterocycles. The number of ether oxygens (including phenoxy) is 1. The number of nitrogens with zero attached hydrogens (tertiary/aromatic N) is 1. The van der Waals surface area contributed by atoms with Crippen LogP contribution in [0.1, 0.15) is 92.8 Å². The van der Waals surface area contributed by atoms with Crippen molar-refractivity contribution in [3.05, 3.63) is 29.3 Å². The molecule has 0 radical (unpaired) electrons. The van der Waals surface area contributed by atoms with E-state index in [4.69, 9.17) is 4.74 Å². The molecule has 3 N–H and O–H groups in total. The molecule has 1 aromatic rings. The first-order valence-corrected chi connectivity index (χ1v) is 12.3. The number of alkyl carbamates (subject to hydrolysis) is 1. The number of carbonyl (C=O) groups excluding carboxylic acids is 3. The van der Waals surface area contributed by atoms with Crippen LogP contribution in [0.2, 0.25) is 0 Å². The van der Waals surface area contributed by atoms with E-state index >= 15 is 0 Å². The largest absolute Gasteiger partial charge is 0.508 e. The maximum absolute atomic E-state index is 14.0. The molecule has 0 bridgehead atoms. The van der Waals surface area contributed by atoms with Gasteiger partial charge in [-0.15, -0.1) is 0 Å². The van der Waals surface area contributed by atoms with Crippen molar-refractivity contribution in [3.63, 3.8) is 0 Å². The molecule has 198 valence electrons. The molecular formula is C27H45N3O5. The minimum Gasteiger partial charge on any atom is -0.508 e. The van der Waals surface area contributed by atoms with Crippen molar-refractivity contribution in [1.29, 1.82) is 0 Å². The standard InChI is InChI=1S/C27H45N3O5/c1-16(2)14-20(28-25(34)35-27(9,10)11)24(33)30(17(3)4)22(23(32)29-26(6,7)8)19-12-13-21(31)18(5)15-19/h12-13,15-17,20,22,31H,14H2,1-11H3,(H,28,34)(H,29,32). The lowest BCUT2D eigenvalue weighted by Gasteiger charge is -2.38. The van der Waals surface area contributed by atoms with Crippen LogP contribution in [-0.4, -0.2) is 51.1 Å². The van der Waals surface area contributed by atoms with Crippen LogP contribution in [0.3, 0.4) is 0 Å². The second-order valence-corrected chi connectivity index (χ2v) is 11.9. The Balaban J connectivity index is 3.54. The molecule has 8 nitrogen and oxygen atoms in total. The number of benzene rings is 1. The van der Waals surface area contributed by atoms with E-state index in [0.717, 1.165) is 0 Å². The van der Waals surface area contributed by atoms with Crippen LogP contribution in [0.4, 0.5) is 4.79 Å². The number of rotatable bonds is 8. The van der Waals surface area contributed by atoms with Crippen molar-refractivity contribution in [3.8, 4) is 5.75 Å². The molecule has 0 aromatic heterocycles. The number of nitrogens with one attached hydrogen (secondary N) is 2. The third-order valence-corrected chi connectivity index (χ3v) is 5.07. The molecule has 2 unspecified atom stereocenters. The third kappa shape index (κ3) is 9.78. The first kappa shape index (κ1) is 30.3. The summed E-state index contributed by atoms with van der Waals surface area (Å²) in [6.07, 6.45) is -0.305. The van der Waals surface area contributed by atoms with Crippen molar-refractivity contribution in [2.75, 3.05) is 0 Å². The predicted molar refractivity (Wildman–Crippen MR) is 138 cm³/mol. The molecule has 0 saturated heterocycles. The lowest BCUT2D eigenvalue weighted by molar-refractivity contribution is -0.145. The molecule has 0 aliphatic rings. The summed E-state index contributed by atoms with van der Waals surface area (Å²) in [6.45, 7) is 20.2. The molecule has 1 rings (SSSR count). The lowest BCUT2D eigenvalue weighted by Crippen LogP contribution is -2.56. The number of amides is 3. The molecule has 0 saturated carbocycles. The molecule has 0 aliphatic carbocycles. The fourth-order valence-electron chi connectivity index (χ4n) is 3.73. The van der Waals surface area contributed by atoms with Gasteiger partial charge in [0.15, 0.2) is 0 Å². The Kier molecular flexibility index (Phi) is 10.2. The van der Waals surface area contributed by atoms with Gasteiger partial charge in [0.2, 0.25) is 11.8 Å². The van der Waals surface area contributed by atoms with Gasteiger partial charge in [-0.3, -0.25) is 9.59 Å². The normalized spacial score (nSPS) is 13.9. The molecule has 0 fully saturated rings. The highest BCUT2D eigenvalue weighted by atomic mass is 16.6. The molecule has 1 aromatic carbocycles. The first-order chi connectivity index (χ1) is 15.8. The average molecular weight is 492 g/mol. The molecule has 0 aliphatic heterocycles. The number of phenols is 1. The summed E-state index contributed by atoms with van der Waals surface area (Å²) in [5.41, 5.74) is -0.0760. The van der Waals surface area contributed by atoms with Crippen molar-refractivity contribution in [1.82, 2.24) is 15.5 Å². The number of phenolic OH excluding ortho intramolecular Hbond substituents is 1. The molecule has 2 atom stereocenters. The highest BCUT2D eigenvalue weighted by molar-refractivity contribution is 5.92. The molecular weight excluding hydrogens is 446 g/mol. The quantitative estimate of drug-likeness (QED) is 0.483. The van der Waals surface area contributed by atoms with Crippen LogP contribution in [0, 0.1) is 12.8 Å². The van der Waals surface area contributed by atoms with Crippen LogP contribution >= 0.6 is 0 Å². The van der Waals surface area contributed by atoms with Gasteiger partial charge in [0, 0.05) is 11.6 Å². The van der Waals surface area contributed by atoms with Gasteiger partial charge >= 0.3 is 6.09 Å². The SMILES string of the molecule is Cc1cc(C(C(=O)NC(C)(C)C)N(C(=O)C(CC(C)C)NC(=O)OC(C)(C)C)C(C)C)ccc1O. The number of aromatic hydroxyl groups is 1. The summed E-state index contributed by atoms with van der Waals surface area (Å²) in [5, 5.41) is 15.8. The number of aryl methyl sites for hydroxylation is 1. The van der Waals surface area contributed by atoms with E-state index in [1.165, 1.54) is 11.0 Å². The monoisotopic (exact) mass is 491 g/mol. The maximum atomic E-state index is 14.0. The van der Waals surface area contributed by atoms with E-state index in [9.17, 15) is 19.5 Å². The van der Waals surface area contributed by atoms with Gasteiger partial charge in [0.25, 0.3) is 0 Å². The van der Waals surface area contributed by atoms with Gasteiger partial charge < -0.3 is 25.4 Å². The first-order valence-electron chi connectivity index (χ1n) is 12.3. The zero-order valence-corrected chi connectivity index (χ0v) is 23.3. The molecule has 0 spiro atoms. The van der Waals surface area contributed by atoms with Gasteiger partial charge in [-0.2, -0.15) is 0 Å². The van der Waals surface area contributed by atoms with Gasteiger partial charge in [-0.25, -0.2) is 4.79 Å². The highest BCUT2D eigenvalue weighted by Gasteiger charge is 2.39. The summed E-state index contributed by atoms with van der Waals surface area (Å²) in [6, 6.07) is 2.68. The van der Waals surface area contributed by atoms with E-state index in [0.29, 0.717) is 17.5 Å². The predicted octanol–water partition coefficient (Wildman–Crippen LogP) is 4.83. The smallest absolute Gasteiger partial charge is 0.408 e. The molecule has 3 amide bonds. The van der Waals surface area contributed by atoms with E-state index in [1.54, 1.807) is 39.8 Å². The van der Waals surface area contributed by atoms with Crippen LogP contribution in [0.15, 0.2) is 18.2 Å². The minimum absolute atomic E-state index is 0.102. The van der Waals surface area contributed by atoms with Crippen molar-refractivity contribution >= 4 is 17.9 Å². The summed E-state index contributed by atoms with van der Waals surface area (Å²) >= 11 is 0. The number of hydrogen-bond donors (Lipinski definition) is 3. The maximum Gasteiger partial charge on any atom is 0.408 e. The van der Waals surface area contributed by atoms with Crippen LogP contribution < -0.4 is 10.6 Å². The Morgan fingerprint density at radius 1 is 1.03 bits per heavy atom. The van der Waals surface area contributed by atoms with Crippen molar-refractivity contribution in [2.45, 2.75) is 112 Å². The van der Waals surface area contributed by atoms with Crippen LogP contribution in [0.25, 0.3) is 0 Å². The number of carbonyl (C=O) groups is 3. The van der Waals surface area contributed by atoms with Gasteiger partial charge in [0.1, 0.15) is 23.4 Å². The Hall–Kier alpha value is -2.77. The van der Waals surface area contributed by atoms with E-state index in [1.807, 2.05) is 48.5 Å². The zero-order chi connectivity index (χ0) is 27.3. The minimum atomic E-state index is -0.962. The third-order valence-electron chi connectivity index (χ3n) is 5.07. The highest BCUT2D eigenvalue weighted by Crippen LogP contribution is 2.29. The fourth-order valence-corrected chi connectivity index (χ4v) is 3.73.